The molecule has 1 aliphatic heterocycles. The Morgan fingerprint density at radius 3 is 3.00 bits per heavy atom. The van der Waals surface area contributed by atoms with Gasteiger partial charge in [0, 0.05) is 19.0 Å². The van der Waals surface area contributed by atoms with Gasteiger partial charge in [-0.2, -0.15) is 5.10 Å². The number of hydrogen-bond acceptors (Lipinski definition) is 5. The minimum atomic E-state index is -0.393. The van der Waals surface area contributed by atoms with E-state index in [4.69, 9.17) is 4.74 Å². The molecular formula is C14H16N4O3. The Labute approximate surface area is 121 Å². The Bertz CT molecular complexity index is 696. The van der Waals surface area contributed by atoms with E-state index in [1.807, 2.05) is 24.3 Å². The smallest absolute Gasteiger partial charge is 0.333 e. The molecule has 1 aromatic heterocycles. The number of nitrogens with one attached hydrogen (secondary N) is 1. The van der Waals surface area contributed by atoms with Crippen molar-refractivity contribution < 1.29 is 9.66 Å². The van der Waals surface area contributed by atoms with Crippen molar-refractivity contribution >= 4 is 11.5 Å². The molecule has 0 bridgehead atoms. The Morgan fingerprint density at radius 1 is 1.48 bits per heavy atom. The lowest BCUT2D eigenvalue weighted by Gasteiger charge is -2.27. The molecule has 0 radical (unpaired) electrons. The number of nitrogens with zero attached hydrogens (tertiary/aromatic N) is 3. The zero-order chi connectivity index (χ0) is 15.0. The molecule has 1 N–H and O–H groups in total. The number of para-hydroxylation sites is 1. The Hall–Kier alpha value is -2.57. The summed E-state index contributed by atoms with van der Waals surface area (Å²) in [6.07, 6.45) is 0.748. The van der Waals surface area contributed by atoms with Crippen LogP contribution in [0.3, 0.4) is 0 Å². The molecule has 0 amide bonds. The van der Waals surface area contributed by atoms with Gasteiger partial charge in [0.25, 0.3) is 0 Å². The van der Waals surface area contributed by atoms with Crippen molar-refractivity contribution in [2.75, 3.05) is 11.9 Å². The molecule has 21 heavy (non-hydrogen) atoms. The average molecular weight is 288 g/mol. The lowest BCUT2D eigenvalue weighted by Crippen LogP contribution is -2.21. The normalized spacial score (nSPS) is 17.0. The second-order valence-corrected chi connectivity index (χ2v) is 5.04. The van der Waals surface area contributed by atoms with Crippen LogP contribution in [0.5, 0.6) is 5.75 Å². The van der Waals surface area contributed by atoms with Crippen molar-refractivity contribution in [3.8, 4) is 5.75 Å². The predicted octanol–water partition coefficient (Wildman–Crippen LogP) is 2.57. The van der Waals surface area contributed by atoms with Crippen LogP contribution in [0.1, 0.15) is 23.7 Å². The van der Waals surface area contributed by atoms with Gasteiger partial charge in [-0.3, -0.25) is 10.1 Å². The number of rotatable bonds is 3. The summed E-state index contributed by atoms with van der Waals surface area (Å²) in [4.78, 5) is 10.8. The molecule has 0 saturated heterocycles. The van der Waals surface area contributed by atoms with Gasteiger partial charge >= 0.3 is 5.69 Å². The van der Waals surface area contributed by atoms with Gasteiger partial charge in [0.05, 0.1) is 17.6 Å². The molecule has 1 aromatic carbocycles. The third-order valence-corrected chi connectivity index (χ3v) is 3.64. The van der Waals surface area contributed by atoms with Crippen LogP contribution in [0.25, 0.3) is 0 Å². The number of aromatic nitrogens is 2. The Morgan fingerprint density at radius 2 is 2.24 bits per heavy atom. The SMILES string of the molecule is Cc1nn(C)c(NC2CCOc3ccccc32)c1[N+](=O)[O-]. The van der Waals surface area contributed by atoms with Crippen molar-refractivity contribution in [2.24, 2.45) is 7.05 Å². The largest absolute Gasteiger partial charge is 0.493 e. The van der Waals surface area contributed by atoms with E-state index in [2.05, 4.69) is 10.4 Å². The van der Waals surface area contributed by atoms with Crippen LogP contribution in [-0.4, -0.2) is 21.3 Å². The fourth-order valence-corrected chi connectivity index (χ4v) is 2.68. The Balaban J connectivity index is 1.97. The van der Waals surface area contributed by atoms with E-state index in [1.54, 1.807) is 14.0 Å². The number of hydrogen-bond donors (Lipinski definition) is 1. The molecule has 0 fully saturated rings. The first-order valence-corrected chi connectivity index (χ1v) is 6.74. The molecule has 3 rings (SSSR count). The van der Waals surface area contributed by atoms with Crippen LogP contribution in [0, 0.1) is 17.0 Å². The van der Waals surface area contributed by atoms with Crippen LogP contribution >= 0.6 is 0 Å². The predicted molar refractivity (Wildman–Crippen MR) is 77.5 cm³/mol. The molecule has 0 aliphatic carbocycles. The maximum absolute atomic E-state index is 11.2. The monoisotopic (exact) mass is 288 g/mol. The number of anilines is 1. The molecule has 7 nitrogen and oxygen atoms in total. The molecular weight excluding hydrogens is 272 g/mol. The van der Waals surface area contributed by atoms with Gasteiger partial charge < -0.3 is 10.1 Å². The second kappa shape index (κ2) is 5.08. The first-order chi connectivity index (χ1) is 10.1. The highest BCUT2D eigenvalue weighted by atomic mass is 16.6. The fourth-order valence-electron chi connectivity index (χ4n) is 2.68. The molecule has 1 unspecified atom stereocenters. The maximum atomic E-state index is 11.2. The van der Waals surface area contributed by atoms with Gasteiger partial charge in [-0.05, 0) is 13.0 Å². The van der Waals surface area contributed by atoms with Crippen molar-refractivity contribution in [1.29, 1.82) is 0 Å². The lowest BCUT2D eigenvalue weighted by molar-refractivity contribution is -0.384. The van der Waals surface area contributed by atoms with Gasteiger partial charge in [-0.25, -0.2) is 4.68 Å². The summed E-state index contributed by atoms with van der Waals surface area (Å²) in [6.45, 7) is 2.22. The van der Waals surface area contributed by atoms with Gasteiger partial charge in [0.1, 0.15) is 11.4 Å². The summed E-state index contributed by atoms with van der Waals surface area (Å²) in [5, 5.41) is 18.6. The van der Waals surface area contributed by atoms with E-state index < -0.39 is 4.92 Å². The third kappa shape index (κ3) is 2.31. The van der Waals surface area contributed by atoms with Crippen molar-refractivity contribution in [2.45, 2.75) is 19.4 Å². The highest BCUT2D eigenvalue weighted by molar-refractivity contribution is 5.61. The van der Waals surface area contributed by atoms with Gasteiger partial charge in [-0.15, -0.1) is 0 Å². The quantitative estimate of drug-likeness (QED) is 0.693. The summed E-state index contributed by atoms with van der Waals surface area (Å²) in [5.41, 5.74) is 1.45. The molecule has 7 heteroatoms. The molecule has 1 aliphatic rings. The van der Waals surface area contributed by atoms with E-state index in [0.29, 0.717) is 18.1 Å². The van der Waals surface area contributed by atoms with Crippen LogP contribution in [0.2, 0.25) is 0 Å². The van der Waals surface area contributed by atoms with Crippen molar-refractivity contribution in [1.82, 2.24) is 9.78 Å². The third-order valence-electron chi connectivity index (χ3n) is 3.64. The van der Waals surface area contributed by atoms with E-state index in [9.17, 15) is 10.1 Å². The van der Waals surface area contributed by atoms with Crippen LogP contribution in [-0.2, 0) is 7.05 Å². The minimum absolute atomic E-state index is 0.0246. The van der Waals surface area contributed by atoms with E-state index in [1.165, 1.54) is 4.68 Å². The standard InChI is InChI=1S/C14H16N4O3/c1-9-13(18(19)20)14(17(2)16-9)15-11-7-8-21-12-6-4-3-5-10(11)12/h3-6,11,15H,7-8H2,1-2H3. The number of aryl methyl sites for hydroxylation is 2. The first-order valence-electron chi connectivity index (χ1n) is 6.74. The molecule has 0 saturated carbocycles. The maximum Gasteiger partial charge on any atom is 0.333 e. The summed E-state index contributed by atoms with van der Waals surface area (Å²) < 4.78 is 7.13. The number of fused-ring (bicyclic) bond motifs is 1. The molecule has 0 spiro atoms. The second-order valence-electron chi connectivity index (χ2n) is 5.04. The van der Waals surface area contributed by atoms with Gasteiger partial charge in [0.15, 0.2) is 0 Å². The highest BCUT2D eigenvalue weighted by Crippen LogP contribution is 2.37. The number of nitro groups is 1. The van der Waals surface area contributed by atoms with E-state index >= 15 is 0 Å². The average Bonchev–Trinajstić information content (AvgIpc) is 2.73. The zero-order valence-electron chi connectivity index (χ0n) is 11.9. The van der Waals surface area contributed by atoms with E-state index in [-0.39, 0.29) is 11.7 Å². The number of benzene rings is 1. The highest BCUT2D eigenvalue weighted by Gasteiger charge is 2.28. The van der Waals surface area contributed by atoms with Gasteiger partial charge in [-0.1, -0.05) is 18.2 Å². The molecule has 2 aromatic rings. The van der Waals surface area contributed by atoms with Gasteiger partial charge in [0.2, 0.25) is 5.82 Å². The summed E-state index contributed by atoms with van der Waals surface area (Å²) >= 11 is 0. The summed E-state index contributed by atoms with van der Waals surface area (Å²) in [6, 6.07) is 7.71. The molecule has 110 valence electrons. The summed E-state index contributed by atoms with van der Waals surface area (Å²) in [5.74, 6) is 1.25. The van der Waals surface area contributed by atoms with E-state index in [0.717, 1.165) is 17.7 Å². The van der Waals surface area contributed by atoms with Crippen molar-refractivity contribution in [3.63, 3.8) is 0 Å². The topological polar surface area (TPSA) is 82.2 Å². The van der Waals surface area contributed by atoms with Crippen LogP contribution in [0.4, 0.5) is 11.5 Å². The van der Waals surface area contributed by atoms with Crippen molar-refractivity contribution in [3.05, 3.63) is 45.6 Å². The first kappa shape index (κ1) is 13.4. The molecule has 1 atom stereocenters. The minimum Gasteiger partial charge on any atom is -0.493 e. The number of ether oxygens (including phenoxy) is 1. The Kier molecular flexibility index (Phi) is 3.25. The molecule has 2 heterocycles. The lowest BCUT2D eigenvalue weighted by atomic mass is 10.0. The van der Waals surface area contributed by atoms with Crippen LogP contribution < -0.4 is 10.1 Å². The summed E-state index contributed by atoms with van der Waals surface area (Å²) in [7, 11) is 1.70. The van der Waals surface area contributed by atoms with Crippen LogP contribution in [0.15, 0.2) is 24.3 Å². The fraction of sp³-hybridized carbons (Fsp3) is 0.357. The zero-order valence-corrected chi connectivity index (χ0v) is 11.9.